The lowest BCUT2D eigenvalue weighted by Gasteiger charge is -2.28. The van der Waals surface area contributed by atoms with Gasteiger partial charge in [0.05, 0.1) is 5.56 Å². The molecule has 0 spiro atoms. The monoisotopic (exact) mass is 283 g/mol. The molecule has 108 valence electrons. The van der Waals surface area contributed by atoms with Crippen LogP contribution in [0.15, 0.2) is 23.3 Å². The van der Waals surface area contributed by atoms with Crippen LogP contribution in [0.5, 0.6) is 0 Å². The highest BCUT2D eigenvalue weighted by atomic mass is 19.1. The lowest BCUT2D eigenvalue weighted by Crippen LogP contribution is -2.51. The zero-order chi connectivity index (χ0) is 15.2. The van der Waals surface area contributed by atoms with Crippen LogP contribution in [0.25, 0.3) is 10.4 Å². The average molecular weight is 283 g/mol. The van der Waals surface area contributed by atoms with E-state index in [1.807, 2.05) is 0 Å². The number of nitrogens with zero attached hydrogens (tertiary/aromatic N) is 3. The van der Waals surface area contributed by atoms with Gasteiger partial charge in [-0.3, -0.25) is 10.1 Å². The smallest absolute Gasteiger partial charge is 0.242 e. The Bertz CT molecular complexity index is 524. The van der Waals surface area contributed by atoms with E-state index in [0.29, 0.717) is 6.42 Å². The maximum atomic E-state index is 13.8. The van der Waals surface area contributed by atoms with E-state index in [-0.39, 0.29) is 13.1 Å². The molecular weight excluding hydrogens is 268 g/mol. The van der Waals surface area contributed by atoms with Crippen LogP contribution >= 0.6 is 0 Å². The molecule has 1 unspecified atom stereocenters. The van der Waals surface area contributed by atoms with Gasteiger partial charge in [-0.2, -0.15) is 0 Å². The molecule has 0 aliphatic heterocycles. The van der Waals surface area contributed by atoms with Crippen LogP contribution in [0.4, 0.5) is 8.78 Å². The molecule has 0 aliphatic carbocycles. The predicted octanol–water partition coefficient (Wildman–Crippen LogP) is 1.96. The first kappa shape index (κ1) is 15.9. The second kappa shape index (κ2) is 6.83. The largest absolute Gasteiger partial charge is 0.368 e. The van der Waals surface area contributed by atoms with Crippen molar-refractivity contribution >= 4 is 5.91 Å². The summed E-state index contributed by atoms with van der Waals surface area (Å²) in [5.41, 5.74) is 11.3. The highest BCUT2D eigenvalue weighted by molar-refractivity contribution is 5.85. The molecule has 1 rings (SSSR count). The number of hydrogen-bond donors (Lipinski definition) is 2. The van der Waals surface area contributed by atoms with Gasteiger partial charge in [0.15, 0.2) is 0 Å². The zero-order valence-electron chi connectivity index (χ0n) is 10.9. The first-order valence-corrected chi connectivity index (χ1v) is 5.93. The standard InChI is InChI=1S/C12H15F2N5O/c1-12(11(15)20,17-6-3-7-18-19-16)10-8(13)4-2-5-9(10)14/h2,4-5,17H,3,6-7H2,1H3,(H2,15,20). The molecule has 0 aliphatic rings. The van der Waals surface area contributed by atoms with E-state index in [1.54, 1.807) is 0 Å². The summed E-state index contributed by atoms with van der Waals surface area (Å²) < 4.78 is 27.6. The second-order valence-electron chi connectivity index (χ2n) is 4.32. The van der Waals surface area contributed by atoms with Crippen molar-refractivity contribution in [2.24, 2.45) is 10.8 Å². The van der Waals surface area contributed by atoms with Crippen LogP contribution in [0.1, 0.15) is 18.9 Å². The fraction of sp³-hybridized carbons (Fsp3) is 0.417. The highest BCUT2D eigenvalue weighted by Crippen LogP contribution is 2.26. The molecule has 1 atom stereocenters. The van der Waals surface area contributed by atoms with Crippen molar-refractivity contribution in [1.29, 1.82) is 0 Å². The Labute approximate surface area is 114 Å². The number of amides is 1. The van der Waals surface area contributed by atoms with Crippen LogP contribution in [0.3, 0.4) is 0 Å². The van der Waals surface area contributed by atoms with Crippen molar-refractivity contribution in [3.63, 3.8) is 0 Å². The molecule has 3 N–H and O–H groups in total. The Hall–Kier alpha value is -2.18. The van der Waals surface area contributed by atoms with Gasteiger partial charge >= 0.3 is 0 Å². The van der Waals surface area contributed by atoms with Crippen molar-refractivity contribution in [2.75, 3.05) is 13.1 Å². The maximum absolute atomic E-state index is 13.8. The number of rotatable bonds is 7. The Kier molecular flexibility index (Phi) is 5.42. The first-order chi connectivity index (χ1) is 9.43. The van der Waals surface area contributed by atoms with Crippen molar-refractivity contribution in [3.05, 3.63) is 45.8 Å². The quantitative estimate of drug-likeness (QED) is 0.345. The number of carbonyl (C=O) groups excluding carboxylic acids is 1. The van der Waals surface area contributed by atoms with Gasteiger partial charge in [-0.25, -0.2) is 8.78 Å². The summed E-state index contributed by atoms with van der Waals surface area (Å²) in [6.45, 7) is 1.73. The summed E-state index contributed by atoms with van der Waals surface area (Å²) in [4.78, 5) is 14.2. The summed E-state index contributed by atoms with van der Waals surface area (Å²) in [5, 5.41) is 6.03. The first-order valence-electron chi connectivity index (χ1n) is 5.93. The van der Waals surface area contributed by atoms with E-state index in [4.69, 9.17) is 11.3 Å². The Morgan fingerprint density at radius 3 is 2.60 bits per heavy atom. The molecule has 1 aromatic rings. The van der Waals surface area contributed by atoms with E-state index in [1.165, 1.54) is 13.0 Å². The summed E-state index contributed by atoms with van der Waals surface area (Å²) >= 11 is 0. The zero-order valence-corrected chi connectivity index (χ0v) is 10.9. The van der Waals surface area contributed by atoms with E-state index < -0.39 is 28.6 Å². The average Bonchev–Trinajstić information content (AvgIpc) is 2.38. The molecule has 20 heavy (non-hydrogen) atoms. The van der Waals surface area contributed by atoms with Crippen molar-refractivity contribution < 1.29 is 13.6 Å². The molecule has 0 radical (unpaired) electrons. The fourth-order valence-electron chi connectivity index (χ4n) is 1.81. The third kappa shape index (κ3) is 3.43. The maximum Gasteiger partial charge on any atom is 0.242 e. The van der Waals surface area contributed by atoms with E-state index in [9.17, 15) is 13.6 Å². The molecule has 0 aromatic heterocycles. The SMILES string of the molecule is CC(NCCCN=[N+]=[N-])(C(N)=O)c1c(F)cccc1F. The van der Waals surface area contributed by atoms with Crippen LogP contribution < -0.4 is 11.1 Å². The summed E-state index contributed by atoms with van der Waals surface area (Å²) in [6, 6.07) is 3.32. The molecule has 0 fully saturated rings. The van der Waals surface area contributed by atoms with Crippen LogP contribution in [0.2, 0.25) is 0 Å². The lowest BCUT2D eigenvalue weighted by molar-refractivity contribution is -0.124. The van der Waals surface area contributed by atoms with Gasteiger partial charge in [0.1, 0.15) is 17.2 Å². The molecule has 1 aromatic carbocycles. The number of hydrogen-bond acceptors (Lipinski definition) is 3. The topological polar surface area (TPSA) is 104 Å². The van der Waals surface area contributed by atoms with E-state index >= 15 is 0 Å². The second-order valence-corrected chi connectivity index (χ2v) is 4.32. The molecule has 0 saturated carbocycles. The van der Waals surface area contributed by atoms with Crippen LogP contribution in [-0.4, -0.2) is 19.0 Å². The van der Waals surface area contributed by atoms with Gasteiger partial charge in [0, 0.05) is 11.5 Å². The van der Waals surface area contributed by atoms with Crippen molar-refractivity contribution in [2.45, 2.75) is 18.9 Å². The number of primary amides is 1. The summed E-state index contributed by atoms with van der Waals surface area (Å²) in [6.07, 6.45) is 0.406. The van der Waals surface area contributed by atoms with Gasteiger partial charge < -0.3 is 5.73 Å². The molecule has 6 nitrogen and oxygen atoms in total. The van der Waals surface area contributed by atoms with Crippen LogP contribution in [-0.2, 0) is 10.3 Å². The molecule has 1 amide bonds. The Morgan fingerprint density at radius 2 is 2.10 bits per heavy atom. The minimum Gasteiger partial charge on any atom is -0.368 e. The molecule has 8 heteroatoms. The predicted molar refractivity (Wildman–Crippen MR) is 69.5 cm³/mol. The van der Waals surface area contributed by atoms with Crippen molar-refractivity contribution in [1.82, 2.24) is 5.32 Å². The Balaban J connectivity index is 2.97. The number of azide groups is 1. The van der Waals surface area contributed by atoms with E-state index in [0.717, 1.165) is 12.1 Å². The molecule has 0 bridgehead atoms. The third-order valence-corrected chi connectivity index (χ3v) is 2.93. The van der Waals surface area contributed by atoms with Gasteiger partial charge in [-0.1, -0.05) is 11.2 Å². The number of nitrogens with two attached hydrogens (primary N) is 1. The number of carbonyl (C=O) groups is 1. The highest BCUT2D eigenvalue weighted by Gasteiger charge is 2.37. The minimum absolute atomic E-state index is 0.206. The fourth-order valence-corrected chi connectivity index (χ4v) is 1.81. The third-order valence-electron chi connectivity index (χ3n) is 2.93. The summed E-state index contributed by atoms with van der Waals surface area (Å²) in [5.74, 6) is -2.60. The van der Waals surface area contributed by atoms with E-state index in [2.05, 4.69) is 15.3 Å². The Morgan fingerprint density at radius 1 is 1.50 bits per heavy atom. The minimum atomic E-state index is -1.67. The molecule has 0 heterocycles. The normalized spacial score (nSPS) is 13.3. The van der Waals surface area contributed by atoms with Crippen LogP contribution in [0, 0.1) is 11.6 Å². The number of halogens is 2. The molecule has 0 saturated heterocycles. The van der Waals surface area contributed by atoms with Crippen molar-refractivity contribution in [3.8, 4) is 0 Å². The van der Waals surface area contributed by atoms with Gasteiger partial charge in [0.2, 0.25) is 5.91 Å². The molecular formula is C12H15F2N5O. The van der Waals surface area contributed by atoms with Gasteiger partial charge in [-0.05, 0) is 37.6 Å². The lowest BCUT2D eigenvalue weighted by atomic mass is 9.90. The summed E-state index contributed by atoms with van der Waals surface area (Å²) in [7, 11) is 0. The van der Waals surface area contributed by atoms with Gasteiger partial charge in [0.25, 0.3) is 0 Å². The number of benzene rings is 1. The van der Waals surface area contributed by atoms with Gasteiger partial charge in [-0.15, -0.1) is 0 Å². The number of nitrogens with one attached hydrogen (secondary N) is 1.